The lowest BCUT2D eigenvalue weighted by Crippen LogP contribution is -2.24. The van der Waals surface area contributed by atoms with Crippen LogP contribution in [0.25, 0.3) is 0 Å². The van der Waals surface area contributed by atoms with Gasteiger partial charge in [0.2, 0.25) is 0 Å². The summed E-state index contributed by atoms with van der Waals surface area (Å²) in [5.41, 5.74) is 2.72. The van der Waals surface area contributed by atoms with Crippen molar-refractivity contribution >= 4 is 0 Å². The first kappa shape index (κ1) is 14.8. The van der Waals surface area contributed by atoms with Gasteiger partial charge in [-0.15, -0.1) is 0 Å². The van der Waals surface area contributed by atoms with Crippen molar-refractivity contribution in [2.45, 2.75) is 19.5 Å². The van der Waals surface area contributed by atoms with E-state index in [-0.39, 0.29) is 0 Å². The number of methoxy groups -OCH3 is 1. The van der Waals surface area contributed by atoms with Gasteiger partial charge in [0.15, 0.2) is 0 Å². The Kier molecular flexibility index (Phi) is 6.28. The number of hydrogen-bond donors (Lipinski definition) is 0. The monoisotopic (exact) mass is 269 g/mol. The predicted molar refractivity (Wildman–Crippen MR) is 83.5 cm³/mol. The molecule has 2 heteroatoms. The van der Waals surface area contributed by atoms with Gasteiger partial charge in [-0.3, -0.25) is 4.90 Å². The molecule has 0 atom stereocenters. The topological polar surface area (TPSA) is 12.5 Å². The van der Waals surface area contributed by atoms with E-state index in [9.17, 15) is 0 Å². The fraction of sp³-hybridized carbons (Fsp3) is 0.333. The van der Waals surface area contributed by atoms with Crippen molar-refractivity contribution in [3.63, 3.8) is 0 Å². The Balaban J connectivity index is 1.96. The molecule has 0 aliphatic carbocycles. The predicted octanol–water partition coefficient (Wildman–Crippen LogP) is 3.73. The van der Waals surface area contributed by atoms with Crippen LogP contribution in [0.1, 0.15) is 17.5 Å². The highest BCUT2D eigenvalue weighted by Crippen LogP contribution is 2.10. The molecule has 20 heavy (non-hydrogen) atoms. The summed E-state index contributed by atoms with van der Waals surface area (Å²) in [6.07, 6.45) is 1.07. The Bertz CT molecular complexity index is 428. The highest BCUT2D eigenvalue weighted by Gasteiger charge is 2.06. The van der Waals surface area contributed by atoms with E-state index < -0.39 is 0 Å². The minimum Gasteiger partial charge on any atom is -0.385 e. The summed E-state index contributed by atoms with van der Waals surface area (Å²) in [5, 5.41) is 0. The lowest BCUT2D eigenvalue weighted by Gasteiger charge is -2.22. The molecular formula is C18H23NO. The van der Waals surface area contributed by atoms with E-state index in [1.165, 1.54) is 11.1 Å². The van der Waals surface area contributed by atoms with Gasteiger partial charge in [0.25, 0.3) is 0 Å². The number of hydrogen-bond acceptors (Lipinski definition) is 2. The minimum absolute atomic E-state index is 0.820. The zero-order valence-corrected chi connectivity index (χ0v) is 12.2. The van der Waals surface area contributed by atoms with Crippen LogP contribution >= 0.6 is 0 Å². The van der Waals surface area contributed by atoms with Gasteiger partial charge in [0.05, 0.1) is 0 Å². The van der Waals surface area contributed by atoms with Crippen molar-refractivity contribution in [3.05, 3.63) is 71.8 Å². The van der Waals surface area contributed by atoms with Crippen molar-refractivity contribution in [2.75, 3.05) is 20.3 Å². The first-order chi connectivity index (χ1) is 9.88. The molecule has 0 aliphatic rings. The lowest BCUT2D eigenvalue weighted by atomic mass is 10.1. The minimum atomic E-state index is 0.820. The Morgan fingerprint density at radius 3 is 1.75 bits per heavy atom. The third kappa shape index (κ3) is 5.16. The zero-order chi connectivity index (χ0) is 14.0. The van der Waals surface area contributed by atoms with Crippen molar-refractivity contribution in [3.8, 4) is 0 Å². The fourth-order valence-electron chi connectivity index (χ4n) is 2.33. The quantitative estimate of drug-likeness (QED) is 0.677. The molecule has 0 radical (unpaired) electrons. The van der Waals surface area contributed by atoms with Crippen molar-refractivity contribution in [1.82, 2.24) is 4.90 Å². The molecule has 0 saturated heterocycles. The SMILES string of the molecule is COCCCN(Cc1ccccc1)Cc1ccccc1. The van der Waals surface area contributed by atoms with Gasteiger partial charge in [0.1, 0.15) is 0 Å². The highest BCUT2D eigenvalue weighted by molar-refractivity contribution is 5.17. The maximum atomic E-state index is 5.17. The Labute approximate surface area is 122 Å². The Hall–Kier alpha value is -1.64. The zero-order valence-electron chi connectivity index (χ0n) is 12.2. The van der Waals surface area contributed by atoms with Crippen LogP contribution in [0.5, 0.6) is 0 Å². The van der Waals surface area contributed by atoms with E-state index >= 15 is 0 Å². The first-order valence-corrected chi connectivity index (χ1v) is 7.17. The number of benzene rings is 2. The molecule has 0 spiro atoms. The van der Waals surface area contributed by atoms with E-state index in [1.807, 2.05) is 0 Å². The fourth-order valence-corrected chi connectivity index (χ4v) is 2.33. The first-order valence-electron chi connectivity index (χ1n) is 7.17. The van der Waals surface area contributed by atoms with Gasteiger partial charge >= 0.3 is 0 Å². The number of ether oxygens (including phenoxy) is 1. The number of rotatable bonds is 8. The summed E-state index contributed by atoms with van der Waals surface area (Å²) in [4.78, 5) is 2.48. The van der Waals surface area contributed by atoms with Crippen LogP contribution in [0.2, 0.25) is 0 Å². The van der Waals surface area contributed by atoms with Crippen molar-refractivity contribution in [1.29, 1.82) is 0 Å². The summed E-state index contributed by atoms with van der Waals surface area (Å²) in [7, 11) is 1.76. The number of nitrogens with zero attached hydrogens (tertiary/aromatic N) is 1. The molecule has 0 aliphatic heterocycles. The van der Waals surface area contributed by atoms with Crippen LogP contribution < -0.4 is 0 Å². The molecule has 2 nitrogen and oxygen atoms in total. The molecule has 0 amide bonds. The van der Waals surface area contributed by atoms with Gasteiger partial charge in [-0.2, -0.15) is 0 Å². The smallest absolute Gasteiger partial charge is 0.0474 e. The second kappa shape index (κ2) is 8.51. The van der Waals surface area contributed by atoms with Crippen molar-refractivity contribution in [2.24, 2.45) is 0 Å². The van der Waals surface area contributed by atoms with E-state index in [2.05, 4.69) is 65.6 Å². The van der Waals surface area contributed by atoms with Gasteiger partial charge in [-0.25, -0.2) is 0 Å². The maximum absolute atomic E-state index is 5.17. The third-order valence-electron chi connectivity index (χ3n) is 3.32. The summed E-state index contributed by atoms with van der Waals surface area (Å²) < 4.78 is 5.17. The largest absolute Gasteiger partial charge is 0.385 e. The molecule has 0 heterocycles. The third-order valence-corrected chi connectivity index (χ3v) is 3.32. The molecule has 0 N–H and O–H groups in total. The van der Waals surface area contributed by atoms with E-state index in [1.54, 1.807) is 7.11 Å². The second-order valence-corrected chi connectivity index (χ2v) is 5.03. The van der Waals surface area contributed by atoms with Gasteiger partial charge in [-0.05, 0) is 17.5 Å². The van der Waals surface area contributed by atoms with Gasteiger partial charge in [0, 0.05) is 33.4 Å². The molecule has 0 unspecified atom stereocenters. The maximum Gasteiger partial charge on any atom is 0.0474 e. The summed E-state index contributed by atoms with van der Waals surface area (Å²) in [6.45, 7) is 3.84. The molecule has 0 saturated carbocycles. The van der Waals surface area contributed by atoms with E-state index in [0.717, 1.165) is 32.7 Å². The Morgan fingerprint density at radius 2 is 1.30 bits per heavy atom. The molecule has 0 bridgehead atoms. The van der Waals surface area contributed by atoms with Crippen molar-refractivity contribution < 1.29 is 4.74 Å². The van der Waals surface area contributed by atoms with Crippen LogP contribution in [0.3, 0.4) is 0 Å². The van der Waals surface area contributed by atoms with Crippen LogP contribution in [-0.2, 0) is 17.8 Å². The molecular weight excluding hydrogens is 246 g/mol. The van der Waals surface area contributed by atoms with Gasteiger partial charge < -0.3 is 4.74 Å². The van der Waals surface area contributed by atoms with Crippen LogP contribution in [0.4, 0.5) is 0 Å². The molecule has 2 aromatic rings. The molecule has 2 rings (SSSR count). The van der Waals surface area contributed by atoms with Crippen LogP contribution in [0.15, 0.2) is 60.7 Å². The van der Waals surface area contributed by atoms with Crippen LogP contribution in [-0.4, -0.2) is 25.2 Å². The normalized spacial score (nSPS) is 10.9. The molecule has 0 fully saturated rings. The standard InChI is InChI=1S/C18H23NO/c1-20-14-8-13-19(15-17-9-4-2-5-10-17)16-18-11-6-3-7-12-18/h2-7,9-12H,8,13-16H2,1H3. The molecule has 106 valence electrons. The highest BCUT2D eigenvalue weighted by atomic mass is 16.5. The van der Waals surface area contributed by atoms with E-state index in [4.69, 9.17) is 4.74 Å². The molecule has 2 aromatic carbocycles. The summed E-state index contributed by atoms with van der Waals surface area (Å²) >= 11 is 0. The van der Waals surface area contributed by atoms with Crippen LogP contribution in [0, 0.1) is 0 Å². The molecule has 0 aromatic heterocycles. The summed E-state index contributed by atoms with van der Waals surface area (Å²) in [5.74, 6) is 0. The average Bonchev–Trinajstić information content (AvgIpc) is 2.49. The second-order valence-electron chi connectivity index (χ2n) is 5.03. The lowest BCUT2D eigenvalue weighted by molar-refractivity contribution is 0.166. The summed E-state index contributed by atoms with van der Waals surface area (Å²) in [6, 6.07) is 21.3. The Morgan fingerprint density at radius 1 is 0.800 bits per heavy atom. The van der Waals surface area contributed by atoms with Gasteiger partial charge in [-0.1, -0.05) is 60.7 Å². The van der Waals surface area contributed by atoms with E-state index in [0.29, 0.717) is 0 Å². The average molecular weight is 269 g/mol.